The maximum absolute atomic E-state index is 13.2. The summed E-state index contributed by atoms with van der Waals surface area (Å²) < 4.78 is 41.4. The van der Waals surface area contributed by atoms with Crippen molar-refractivity contribution in [3.8, 4) is 0 Å². The molecule has 0 spiro atoms. The number of carbonyl (C=O) groups is 1. The van der Waals surface area contributed by atoms with Gasteiger partial charge in [0.25, 0.3) is 10.0 Å². The first-order chi connectivity index (χ1) is 17.1. The van der Waals surface area contributed by atoms with Gasteiger partial charge in [0, 0.05) is 56.8 Å². The molecule has 1 atom stereocenters. The molecular formula is C25H28FN5O4S. The lowest BCUT2D eigenvalue weighted by Gasteiger charge is -2.38. The average molecular weight is 514 g/mol. The second-order valence-corrected chi connectivity index (χ2v) is 10.4. The molecular weight excluding hydrogens is 485 g/mol. The molecule has 2 heterocycles. The summed E-state index contributed by atoms with van der Waals surface area (Å²) in [6.45, 7) is 4.28. The molecule has 1 fully saturated rings. The smallest absolute Gasteiger partial charge is 0.407 e. The quantitative estimate of drug-likeness (QED) is 0.492. The van der Waals surface area contributed by atoms with Gasteiger partial charge in [-0.05, 0) is 61.0 Å². The first-order valence-electron chi connectivity index (χ1n) is 11.4. The molecule has 9 nitrogen and oxygen atoms in total. The second-order valence-electron chi connectivity index (χ2n) is 8.75. The summed E-state index contributed by atoms with van der Waals surface area (Å²) in [4.78, 5) is 20.9. The van der Waals surface area contributed by atoms with Gasteiger partial charge in [0.15, 0.2) is 0 Å². The van der Waals surface area contributed by atoms with Crippen LogP contribution in [0, 0.1) is 5.82 Å². The Morgan fingerprint density at radius 1 is 1.11 bits per heavy atom. The molecule has 2 N–H and O–H groups in total. The fraction of sp³-hybridized carbons (Fsp3) is 0.280. The minimum atomic E-state index is -3.84. The number of sulfonamides is 1. The molecule has 0 radical (unpaired) electrons. The van der Waals surface area contributed by atoms with Crippen molar-refractivity contribution >= 4 is 33.3 Å². The Labute approximate surface area is 209 Å². The van der Waals surface area contributed by atoms with E-state index in [9.17, 15) is 22.7 Å². The molecule has 4 rings (SSSR count). The van der Waals surface area contributed by atoms with E-state index in [0.717, 1.165) is 11.3 Å². The van der Waals surface area contributed by atoms with E-state index in [0.29, 0.717) is 37.7 Å². The highest BCUT2D eigenvalue weighted by molar-refractivity contribution is 7.92. The van der Waals surface area contributed by atoms with E-state index in [1.54, 1.807) is 42.3 Å². The largest absolute Gasteiger partial charge is 0.465 e. The van der Waals surface area contributed by atoms with Gasteiger partial charge in [0.2, 0.25) is 0 Å². The number of piperazine rings is 1. The zero-order chi connectivity index (χ0) is 25.9. The third-order valence-electron chi connectivity index (χ3n) is 6.16. The van der Waals surface area contributed by atoms with Crippen LogP contribution in [0.25, 0.3) is 0 Å². The zero-order valence-corrected chi connectivity index (χ0v) is 20.8. The molecule has 11 heteroatoms. The Morgan fingerprint density at radius 2 is 1.81 bits per heavy atom. The number of carboxylic acid groups (broad SMARTS) is 1. The molecule has 36 heavy (non-hydrogen) atoms. The molecule has 1 aromatic heterocycles. The van der Waals surface area contributed by atoms with Crippen LogP contribution in [0.3, 0.4) is 0 Å². The number of halogens is 1. The highest BCUT2D eigenvalue weighted by Crippen LogP contribution is 2.24. The maximum atomic E-state index is 13.2. The van der Waals surface area contributed by atoms with Crippen molar-refractivity contribution in [1.29, 1.82) is 0 Å². The second kappa shape index (κ2) is 10.5. The fourth-order valence-corrected chi connectivity index (χ4v) is 5.14. The lowest BCUT2D eigenvalue weighted by molar-refractivity contribution is 0.0711. The van der Waals surface area contributed by atoms with Crippen LogP contribution in [0.15, 0.2) is 71.8 Å². The van der Waals surface area contributed by atoms with E-state index < -0.39 is 16.1 Å². The molecule has 2 aromatic carbocycles. The van der Waals surface area contributed by atoms with Crippen molar-refractivity contribution in [1.82, 2.24) is 14.8 Å². The number of anilines is 3. The molecule has 1 aliphatic heterocycles. The van der Waals surface area contributed by atoms with E-state index in [-0.39, 0.29) is 16.8 Å². The Bertz CT molecular complexity index is 1300. The third kappa shape index (κ3) is 5.92. The van der Waals surface area contributed by atoms with Crippen LogP contribution in [0.4, 0.5) is 26.4 Å². The number of hydrogen-bond donors (Lipinski definition) is 2. The predicted molar refractivity (Wildman–Crippen MR) is 135 cm³/mol. The topological polar surface area (TPSA) is 106 Å². The molecule has 3 aromatic rings. The number of nitrogens with one attached hydrogen (secondary N) is 1. The summed E-state index contributed by atoms with van der Waals surface area (Å²) in [5.41, 5.74) is 2.15. The molecule has 190 valence electrons. The lowest BCUT2D eigenvalue weighted by Crippen LogP contribution is -2.53. The monoisotopic (exact) mass is 513 g/mol. The molecule has 1 amide bonds. The minimum absolute atomic E-state index is 0.0214. The van der Waals surface area contributed by atoms with Crippen LogP contribution in [-0.4, -0.2) is 67.1 Å². The molecule has 0 saturated carbocycles. The van der Waals surface area contributed by atoms with Crippen LogP contribution < -0.4 is 9.62 Å². The predicted octanol–water partition coefficient (Wildman–Crippen LogP) is 3.97. The van der Waals surface area contributed by atoms with Gasteiger partial charge in [-0.1, -0.05) is 12.1 Å². The van der Waals surface area contributed by atoms with E-state index in [1.165, 1.54) is 29.3 Å². The van der Waals surface area contributed by atoms with Crippen molar-refractivity contribution < 1.29 is 22.7 Å². The van der Waals surface area contributed by atoms with Crippen molar-refractivity contribution in [3.63, 3.8) is 0 Å². The Morgan fingerprint density at radius 3 is 2.39 bits per heavy atom. The average Bonchev–Trinajstić information content (AvgIpc) is 2.85. The number of benzene rings is 2. The summed E-state index contributed by atoms with van der Waals surface area (Å²) >= 11 is 0. The highest BCUT2D eigenvalue weighted by Gasteiger charge is 2.27. The van der Waals surface area contributed by atoms with E-state index in [2.05, 4.69) is 14.6 Å². The zero-order valence-electron chi connectivity index (χ0n) is 20.0. The van der Waals surface area contributed by atoms with Crippen LogP contribution in [0.5, 0.6) is 0 Å². The molecule has 0 aliphatic carbocycles. The van der Waals surface area contributed by atoms with Crippen LogP contribution in [-0.2, 0) is 16.6 Å². The van der Waals surface area contributed by atoms with Crippen molar-refractivity contribution in [2.45, 2.75) is 24.4 Å². The summed E-state index contributed by atoms with van der Waals surface area (Å²) in [5.74, 6) is 0.178. The summed E-state index contributed by atoms with van der Waals surface area (Å²) in [7, 11) is -2.08. The SMILES string of the molecule is C[C@H]1CN(Cc2ccc(NS(=O)(=O)c3ccc(N(C)c4ccc(F)cc4)nc3)cc2)CCN1C(=O)O. The standard InChI is InChI=1S/C25H28FN5O4S/c1-18-16-30(13-14-31(18)25(32)33)17-19-3-7-21(8-4-19)28-36(34,35)23-11-12-24(27-15-23)29(2)22-9-5-20(26)6-10-22/h3-12,15,18,28H,13-14,16-17H2,1-2H3,(H,32,33)/t18-/m0/s1. The summed E-state index contributed by atoms with van der Waals surface area (Å²) in [6.07, 6.45) is 0.382. The van der Waals surface area contributed by atoms with Gasteiger partial charge in [-0.2, -0.15) is 0 Å². The first-order valence-corrected chi connectivity index (χ1v) is 12.9. The van der Waals surface area contributed by atoms with Crippen molar-refractivity contribution in [3.05, 3.63) is 78.2 Å². The Balaban J connectivity index is 1.37. The first kappa shape index (κ1) is 25.4. The number of aromatic nitrogens is 1. The van der Waals surface area contributed by atoms with Gasteiger partial charge < -0.3 is 14.9 Å². The van der Waals surface area contributed by atoms with E-state index in [4.69, 9.17) is 0 Å². The number of pyridine rings is 1. The van der Waals surface area contributed by atoms with Gasteiger partial charge in [-0.15, -0.1) is 0 Å². The number of rotatable bonds is 7. The Hall–Kier alpha value is -3.70. The molecule has 1 saturated heterocycles. The van der Waals surface area contributed by atoms with E-state index >= 15 is 0 Å². The Kier molecular flexibility index (Phi) is 7.41. The molecule has 1 aliphatic rings. The van der Waals surface area contributed by atoms with Crippen LogP contribution in [0.2, 0.25) is 0 Å². The van der Waals surface area contributed by atoms with Gasteiger partial charge >= 0.3 is 6.09 Å². The fourth-order valence-electron chi connectivity index (χ4n) is 4.14. The molecule has 0 unspecified atom stereocenters. The maximum Gasteiger partial charge on any atom is 0.407 e. The molecule has 0 bridgehead atoms. The van der Waals surface area contributed by atoms with Gasteiger partial charge in [-0.25, -0.2) is 22.6 Å². The van der Waals surface area contributed by atoms with Crippen LogP contribution >= 0.6 is 0 Å². The van der Waals surface area contributed by atoms with Crippen molar-refractivity contribution in [2.24, 2.45) is 0 Å². The van der Waals surface area contributed by atoms with Gasteiger partial charge in [0.1, 0.15) is 16.5 Å². The van der Waals surface area contributed by atoms with Gasteiger partial charge in [0.05, 0.1) is 0 Å². The summed E-state index contributed by atoms with van der Waals surface area (Å²) in [6, 6.07) is 16.0. The number of amides is 1. The van der Waals surface area contributed by atoms with Gasteiger partial charge in [-0.3, -0.25) is 9.62 Å². The minimum Gasteiger partial charge on any atom is -0.465 e. The summed E-state index contributed by atoms with van der Waals surface area (Å²) in [5, 5.41) is 9.22. The number of hydrogen-bond acceptors (Lipinski definition) is 6. The number of nitrogens with zero attached hydrogens (tertiary/aromatic N) is 4. The van der Waals surface area contributed by atoms with Crippen LogP contribution in [0.1, 0.15) is 12.5 Å². The third-order valence-corrected chi connectivity index (χ3v) is 7.52. The lowest BCUT2D eigenvalue weighted by atomic mass is 10.1. The highest BCUT2D eigenvalue weighted by atomic mass is 32.2. The normalized spacial score (nSPS) is 16.5. The van der Waals surface area contributed by atoms with Crippen molar-refractivity contribution in [2.75, 3.05) is 36.3 Å². The van der Waals surface area contributed by atoms with E-state index in [1.807, 2.05) is 19.1 Å².